The Morgan fingerprint density at radius 2 is 2.15 bits per heavy atom. The molecule has 7 nitrogen and oxygen atoms in total. The molecule has 3 heterocycles. The van der Waals surface area contributed by atoms with E-state index in [2.05, 4.69) is 20.6 Å². The standard InChI is InChI=1S/C19H23N5O2S/c1-13-15(21-19(26-13)17-9-6-10-27-17)11-20-18(25)16-12-24(23-22-16)14-7-4-2-3-5-8-14/h6,9-10,12,14H,2-5,7-8,11H2,1H3,(H,20,25). The van der Waals surface area contributed by atoms with Crippen LogP contribution in [-0.2, 0) is 6.54 Å². The number of oxazole rings is 1. The van der Waals surface area contributed by atoms with Crippen molar-refractivity contribution in [3.63, 3.8) is 0 Å². The van der Waals surface area contributed by atoms with Gasteiger partial charge in [0, 0.05) is 0 Å². The van der Waals surface area contributed by atoms with E-state index in [0.29, 0.717) is 29.9 Å². The summed E-state index contributed by atoms with van der Waals surface area (Å²) in [6, 6.07) is 4.27. The smallest absolute Gasteiger partial charge is 0.273 e. The van der Waals surface area contributed by atoms with Gasteiger partial charge in [-0.1, -0.05) is 37.0 Å². The molecular weight excluding hydrogens is 362 g/mol. The normalized spacial score (nSPS) is 15.6. The third kappa shape index (κ3) is 4.10. The molecule has 1 aliphatic carbocycles. The van der Waals surface area contributed by atoms with Gasteiger partial charge in [0.2, 0.25) is 5.89 Å². The summed E-state index contributed by atoms with van der Waals surface area (Å²) in [6.07, 6.45) is 8.96. The number of aryl methyl sites for hydroxylation is 1. The van der Waals surface area contributed by atoms with Crippen LogP contribution in [0.1, 0.15) is 66.5 Å². The number of rotatable bonds is 5. The third-order valence-electron chi connectivity index (χ3n) is 4.98. The maximum Gasteiger partial charge on any atom is 0.273 e. The number of nitrogens with one attached hydrogen (secondary N) is 1. The summed E-state index contributed by atoms with van der Waals surface area (Å²) in [7, 11) is 0. The maximum atomic E-state index is 12.4. The first-order chi connectivity index (χ1) is 13.2. The second kappa shape index (κ2) is 8.04. The summed E-state index contributed by atoms with van der Waals surface area (Å²) >= 11 is 1.57. The summed E-state index contributed by atoms with van der Waals surface area (Å²) in [5.41, 5.74) is 1.07. The van der Waals surface area contributed by atoms with Crippen LogP contribution in [0.5, 0.6) is 0 Å². The van der Waals surface area contributed by atoms with Gasteiger partial charge in [0.05, 0.1) is 23.7 Å². The van der Waals surface area contributed by atoms with E-state index in [-0.39, 0.29) is 5.91 Å². The first-order valence-corrected chi connectivity index (χ1v) is 10.3. The van der Waals surface area contributed by atoms with Crippen molar-refractivity contribution in [1.29, 1.82) is 0 Å². The molecule has 3 aromatic heterocycles. The fraction of sp³-hybridized carbons (Fsp3) is 0.474. The van der Waals surface area contributed by atoms with E-state index in [1.165, 1.54) is 25.7 Å². The lowest BCUT2D eigenvalue weighted by molar-refractivity contribution is 0.0945. The number of aromatic nitrogens is 4. The quantitative estimate of drug-likeness (QED) is 0.668. The van der Waals surface area contributed by atoms with Crippen molar-refractivity contribution in [2.45, 2.75) is 58.0 Å². The molecule has 0 aliphatic heterocycles. The van der Waals surface area contributed by atoms with Crippen LogP contribution in [0.3, 0.4) is 0 Å². The van der Waals surface area contributed by atoms with Gasteiger partial charge < -0.3 is 9.73 Å². The highest BCUT2D eigenvalue weighted by atomic mass is 32.1. The van der Waals surface area contributed by atoms with Gasteiger partial charge in [-0.25, -0.2) is 9.67 Å². The topological polar surface area (TPSA) is 85.8 Å². The van der Waals surface area contributed by atoms with Gasteiger partial charge >= 0.3 is 0 Å². The predicted octanol–water partition coefficient (Wildman–Crippen LogP) is 4.13. The van der Waals surface area contributed by atoms with Crippen molar-refractivity contribution < 1.29 is 9.21 Å². The highest BCUT2D eigenvalue weighted by molar-refractivity contribution is 7.13. The lowest BCUT2D eigenvalue weighted by Gasteiger charge is -2.12. The summed E-state index contributed by atoms with van der Waals surface area (Å²) in [4.78, 5) is 17.9. The molecule has 1 aliphatic rings. The van der Waals surface area contributed by atoms with Crippen molar-refractivity contribution in [2.75, 3.05) is 0 Å². The number of hydrogen-bond acceptors (Lipinski definition) is 6. The molecular formula is C19H23N5O2S. The van der Waals surface area contributed by atoms with E-state index >= 15 is 0 Å². The van der Waals surface area contributed by atoms with Crippen molar-refractivity contribution in [1.82, 2.24) is 25.3 Å². The molecule has 142 valence electrons. The van der Waals surface area contributed by atoms with Crippen molar-refractivity contribution in [3.05, 3.63) is 40.9 Å². The van der Waals surface area contributed by atoms with Gasteiger partial charge in [-0.15, -0.1) is 16.4 Å². The Balaban J connectivity index is 1.38. The second-order valence-corrected chi connectivity index (χ2v) is 7.86. The number of nitrogens with zero attached hydrogens (tertiary/aromatic N) is 4. The molecule has 0 unspecified atom stereocenters. The van der Waals surface area contributed by atoms with E-state index in [0.717, 1.165) is 23.4 Å². The average molecular weight is 385 g/mol. The summed E-state index contributed by atoms with van der Waals surface area (Å²) in [5, 5.41) is 13.1. The van der Waals surface area contributed by atoms with Crippen LogP contribution in [-0.4, -0.2) is 25.9 Å². The van der Waals surface area contributed by atoms with E-state index in [1.54, 1.807) is 17.5 Å². The molecule has 0 aromatic carbocycles. The maximum absolute atomic E-state index is 12.4. The van der Waals surface area contributed by atoms with Crippen LogP contribution in [0.15, 0.2) is 28.1 Å². The lowest BCUT2D eigenvalue weighted by Crippen LogP contribution is -2.23. The number of thiophene rings is 1. The number of hydrogen-bond donors (Lipinski definition) is 1. The van der Waals surface area contributed by atoms with E-state index < -0.39 is 0 Å². The highest BCUT2D eigenvalue weighted by Gasteiger charge is 2.19. The Kier molecular flexibility index (Phi) is 5.33. The number of amides is 1. The molecule has 1 saturated carbocycles. The zero-order valence-corrected chi connectivity index (χ0v) is 16.2. The number of carbonyl (C=O) groups is 1. The van der Waals surface area contributed by atoms with Crippen molar-refractivity contribution in [2.24, 2.45) is 0 Å². The molecule has 1 amide bonds. The molecule has 0 saturated heterocycles. The zero-order chi connectivity index (χ0) is 18.6. The van der Waals surface area contributed by atoms with Crippen molar-refractivity contribution >= 4 is 17.2 Å². The Hall–Kier alpha value is -2.48. The first-order valence-electron chi connectivity index (χ1n) is 9.41. The summed E-state index contributed by atoms with van der Waals surface area (Å²) in [5.74, 6) is 1.06. The molecule has 0 spiro atoms. The van der Waals surface area contributed by atoms with Crippen LogP contribution in [0.4, 0.5) is 0 Å². The van der Waals surface area contributed by atoms with Crippen LogP contribution >= 0.6 is 11.3 Å². The van der Waals surface area contributed by atoms with Gasteiger partial charge in [-0.05, 0) is 31.2 Å². The zero-order valence-electron chi connectivity index (χ0n) is 15.4. The minimum Gasteiger partial charge on any atom is -0.440 e. The molecule has 0 radical (unpaired) electrons. The molecule has 3 aromatic rings. The Bertz CT molecular complexity index is 891. The van der Waals surface area contributed by atoms with Crippen LogP contribution in [0.25, 0.3) is 10.8 Å². The Morgan fingerprint density at radius 1 is 1.33 bits per heavy atom. The van der Waals surface area contributed by atoms with E-state index in [1.807, 2.05) is 29.1 Å². The minimum atomic E-state index is -0.241. The Morgan fingerprint density at radius 3 is 2.89 bits per heavy atom. The third-order valence-corrected chi connectivity index (χ3v) is 5.84. The minimum absolute atomic E-state index is 0.241. The first kappa shape index (κ1) is 17.9. The highest BCUT2D eigenvalue weighted by Crippen LogP contribution is 2.27. The van der Waals surface area contributed by atoms with E-state index in [4.69, 9.17) is 4.42 Å². The van der Waals surface area contributed by atoms with Crippen molar-refractivity contribution in [3.8, 4) is 10.8 Å². The van der Waals surface area contributed by atoms with Crippen LogP contribution in [0, 0.1) is 6.92 Å². The van der Waals surface area contributed by atoms with Gasteiger partial charge in [-0.3, -0.25) is 4.79 Å². The summed E-state index contributed by atoms with van der Waals surface area (Å²) in [6.45, 7) is 2.16. The fourth-order valence-electron chi connectivity index (χ4n) is 3.43. The SMILES string of the molecule is Cc1oc(-c2cccs2)nc1CNC(=O)c1cn(C2CCCCCC2)nn1. The average Bonchev–Trinajstić information content (AvgIpc) is 3.39. The van der Waals surface area contributed by atoms with E-state index in [9.17, 15) is 4.79 Å². The van der Waals surface area contributed by atoms with Gasteiger partial charge in [0.1, 0.15) is 11.5 Å². The molecule has 0 bridgehead atoms. The molecule has 8 heteroatoms. The molecule has 4 rings (SSSR count). The Labute approximate surface area is 161 Å². The molecule has 0 atom stereocenters. The summed E-state index contributed by atoms with van der Waals surface area (Å²) < 4.78 is 7.57. The van der Waals surface area contributed by atoms with Gasteiger partial charge in [0.15, 0.2) is 5.69 Å². The second-order valence-electron chi connectivity index (χ2n) is 6.91. The monoisotopic (exact) mass is 385 g/mol. The largest absolute Gasteiger partial charge is 0.440 e. The fourth-order valence-corrected chi connectivity index (χ4v) is 4.08. The van der Waals surface area contributed by atoms with Crippen LogP contribution in [0.2, 0.25) is 0 Å². The van der Waals surface area contributed by atoms with Gasteiger partial charge in [0.25, 0.3) is 5.91 Å². The van der Waals surface area contributed by atoms with Crippen LogP contribution < -0.4 is 5.32 Å². The molecule has 27 heavy (non-hydrogen) atoms. The lowest BCUT2D eigenvalue weighted by atomic mass is 10.1. The molecule has 1 fully saturated rings. The predicted molar refractivity (Wildman–Crippen MR) is 102 cm³/mol. The molecule has 1 N–H and O–H groups in total. The number of carbonyl (C=O) groups excluding carboxylic acids is 1. The van der Waals surface area contributed by atoms with Gasteiger partial charge in [-0.2, -0.15) is 0 Å².